The third-order valence-electron chi connectivity index (χ3n) is 4.87. The van der Waals surface area contributed by atoms with Gasteiger partial charge in [0, 0.05) is 4.88 Å². The first-order valence-corrected chi connectivity index (χ1v) is 9.02. The van der Waals surface area contributed by atoms with E-state index in [0.29, 0.717) is 11.8 Å². The third kappa shape index (κ3) is 2.94. The molecule has 1 aromatic rings. The first kappa shape index (κ1) is 16.0. The fourth-order valence-corrected chi connectivity index (χ4v) is 4.85. The first-order valence-electron chi connectivity index (χ1n) is 8.20. The standard InChI is InChI=1S/C17H30N2S/c1-6-11-18-17(16-19-13(4)14(5)20-16)10-8-7-9-15(17)12(2)3/h12,15,18H,6-11H2,1-5H3. The van der Waals surface area contributed by atoms with Crippen molar-refractivity contribution in [2.45, 2.75) is 72.3 Å². The molecule has 2 unspecified atom stereocenters. The van der Waals surface area contributed by atoms with Crippen molar-refractivity contribution < 1.29 is 0 Å². The maximum absolute atomic E-state index is 4.95. The molecule has 2 rings (SSSR count). The number of aryl methyl sites for hydroxylation is 2. The van der Waals surface area contributed by atoms with Gasteiger partial charge in [-0.15, -0.1) is 11.3 Å². The third-order valence-corrected chi connectivity index (χ3v) is 6.13. The minimum Gasteiger partial charge on any atom is -0.305 e. The molecule has 0 spiro atoms. The van der Waals surface area contributed by atoms with E-state index in [2.05, 4.69) is 39.9 Å². The number of thiazole rings is 1. The van der Waals surface area contributed by atoms with E-state index in [9.17, 15) is 0 Å². The minimum absolute atomic E-state index is 0.131. The minimum atomic E-state index is 0.131. The van der Waals surface area contributed by atoms with Crippen LogP contribution in [-0.2, 0) is 5.54 Å². The molecule has 0 bridgehead atoms. The predicted molar refractivity (Wildman–Crippen MR) is 88.4 cm³/mol. The number of hydrogen-bond acceptors (Lipinski definition) is 3. The Morgan fingerprint density at radius 1 is 1.35 bits per heavy atom. The van der Waals surface area contributed by atoms with E-state index in [0.717, 1.165) is 6.54 Å². The molecule has 1 saturated carbocycles. The largest absolute Gasteiger partial charge is 0.305 e. The molecule has 0 aromatic carbocycles. The molecule has 114 valence electrons. The summed E-state index contributed by atoms with van der Waals surface area (Å²) in [6.45, 7) is 12.5. The zero-order valence-electron chi connectivity index (χ0n) is 13.8. The second-order valence-electron chi connectivity index (χ2n) is 6.66. The van der Waals surface area contributed by atoms with Gasteiger partial charge in [-0.1, -0.05) is 33.6 Å². The van der Waals surface area contributed by atoms with E-state index >= 15 is 0 Å². The molecule has 2 atom stereocenters. The van der Waals surface area contributed by atoms with Crippen LogP contribution in [0.15, 0.2) is 0 Å². The van der Waals surface area contributed by atoms with Gasteiger partial charge in [0.2, 0.25) is 0 Å². The molecule has 0 radical (unpaired) electrons. The topological polar surface area (TPSA) is 24.9 Å². The molecule has 1 aliphatic carbocycles. The molecule has 2 nitrogen and oxygen atoms in total. The van der Waals surface area contributed by atoms with Crippen LogP contribution in [0.4, 0.5) is 0 Å². The van der Waals surface area contributed by atoms with Gasteiger partial charge in [-0.2, -0.15) is 0 Å². The van der Waals surface area contributed by atoms with Crippen LogP contribution >= 0.6 is 11.3 Å². The molecule has 0 amide bonds. The lowest BCUT2D eigenvalue weighted by Gasteiger charge is -2.46. The lowest BCUT2D eigenvalue weighted by atomic mass is 9.68. The molecule has 20 heavy (non-hydrogen) atoms. The number of aromatic nitrogens is 1. The lowest BCUT2D eigenvalue weighted by molar-refractivity contribution is 0.0999. The highest BCUT2D eigenvalue weighted by molar-refractivity contribution is 7.11. The highest BCUT2D eigenvalue weighted by Gasteiger charge is 2.45. The van der Waals surface area contributed by atoms with Gasteiger partial charge in [-0.25, -0.2) is 4.98 Å². The predicted octanol–water partition coefficient (Wildman–Crippen LogP) is 4.80. The summed E-state index contributed by atoms with van der Waals surface area (Å²) in [5.41, 5.74) is 1.35. The number of hydrogen-bond donors (Lipinski definition) is 1. The van der Waals surface area contributed by atoms with Crippen LogP contribution in [0.5, 0.6) is 0 Å². The highest BCUT2D eigenvalue weighted by atomic mass is 32.1. The van der Waals surface area contributed by atoms with E-state index in [4.69, 9.17) is 4.98 Å². The van der Waals surface area contributed by atoms with Crippen LogP contribution in [0.1, 0.15) is 68.5 Å². The molecule has 0 aliphatic heterocycles. The summed E-state index contributed by atoms with van der Waals surface area (Å²) in [5.74, 6) is 1.43. The molecular weight excluding hydrogens is 264 g/mol. The molecule has 1 fully saturated rings. The summed E-state index contributed by atoms with van der Waals surface area (Å²) in [7, 11) is 0. The van der Waals surface area contributed by atoms with E-state index < -0.39 is 0 Å². The van der Waals surface area contributed by atoms with E-state index in [1.807, 2.05) is 11.3 Å². The Balaban J connectivity index is 2.41. The second kappa shape index (κ2) is 6.57. The summed E-state index contributed by atoms with van der Waals surface area (Å²) >= 11 is 1.92. The zero-order chi connectivity index (χ0) is 14.8. The van der Waals surface area contributed by atoms with Gasteiger partial charge in [0.25, 0.3) is 0 Å². The normalized spacial score (nSPS) is 27.2. The van der Waals surface area contributed by atoms with Gasteiger partial charge in [0.15, 0.2) is 0 Å². The van der Waals surface area contributed by atoms with E-state index in [-0.39, 0.29) is 5.54 Å². The van der Waals surface area contributed by atoms with Gasteiger partial charge in [-0.3, -0.25) is 0 Å². The van der Waals surface area contributed by atoms with Crippen molar-refractivity contribution in [1.29, 1.82) is 0 Å². The monoisotopic (exact) mass is 294 g/mol. The average Bonchev–Trinajstić information content (AvgIpc) is 2.77. The Morgan fingerprint density at radius 2 is 2.10 bits per heavy atom. The fraction of sp³-hybridized carbons (Fsp3) is 0.824. The summed E-state index contributed by atoms with van der Waals surface area (Å²) in [6.07, 6.45) is 6.49. The average molecular weight is 295 g/mol. The first-order chi connectivity index (χ1) is 9.51. The molecule has 1 N–H and O–H groups in total. The number of nitrogens with zero attached hydrogens (tertiary/aromatic N) is 1. The van der Waals surface area contributed by atoms with Gasteiger partial charge >= 0.3 is 0 Å². The van der Waals surface area contributed by atoms with Crippen molar-refractivity contribution in [2.24, 2.45) is 11.8 Å². The van der Waals surface area contributed by atoms with Crippen LogP contribution in [0.25, 0.3) is 0 Å². The molecule has 1 aromatic heterocycles. The highest BCUT2D eigenvalue weighted by Crippen LogP contribution is 2.46. The Bertz CT molecular complexity index is 419. The van der Waals surface area contributed by atoms with Crippen molar-refractivity contribution in [1.82, 2.24) is 10.3 Å². The summed E-state index contributed by atoms with van der Waals surface area (Å²) in [6, 6.07) is 0. The van der Waals surface area contributed by atoms with Crippen molar-refractivity contribution >= 4 is 11.3 Å². The summed E-state index contributed by atoms with van der Waals surface area (Å²) in [4.78, 5) is 6.33. The van der Waals surface area contributed by atoms with Crippen molar-refractivity contribution in [3.63, 3.8) is 0 Å². The molecule has 0 saturated heterocycles. The SMILES string of the molecule is CCCNC1(c2nc(C)c(C)s2)CCCCC1C(C)C. The Kier molecular flexibility index (Phi) is 5.25. The Hall–Kier alpha value is -0.410. The van der Waals surface area contributed by atoms with E-state index in [1.165, 1.54) is 47.7 Å². The van der Waals surface area contributed by atoms with Gasteiger partial charge < -0.3 is 5.32 Å². The van der Waals surface area contributed by atoms with Crippen LogP contribution < -0.4 is 5.32 Å². The van der Waals surface area contributed by atoms with Gasteiger partial charge in [0.05, 0.1) is 11.2 Å². The molecule has 1 heterocycles. The van der Waals surface area contributed by atoms with Crippen molar-refractivity contribution in [3.05, 3.63) is 15.6 Å². The van der Waals surface area contributed by atoms with Gasteiger partial charge in [-0.05, 0) is 51.5 Å². The van der Waals surface area contributed by atoms with Crippen LogP contribution in [0, 0.1) is 25.7 Å². The van der Waals surface area contributed by atoms with E-state index in [1.54, 1.807) is 0 Å². The lowest BCUT2D eigenvalue weighted by Crippen LogP contribution is -2.52. The van der Waals surface area contributed by atoms with Crippen molar-refractivity contribution in [3.8, 4) is 0 Å². The Labute approximate surface area is 128 Å². The quantitative estimate of drug-likeness (QED) is 0.843. The number of rotatable bonds is 5. The zero-order valence-corrected chi connectivity index (χ0v) is 14.6. The molecular formula is C17H30N2S. The maximum atomic E-state index is 4.95. The van der Waals surface area contributed by atoms with Gasteiger partial charge in [0.1, 0.15) is 5.01 Å². The maximum Gasteiger partial charge on any atom is 0.114 e. The summed E-state index contributed by atoms with van der Waals surface area (Å²) in [5, 5.41) is 5.27. The van der Waals surface area contributed by atoms with Crippen LogP contribution in [0.3, 0.4) is 0 Å². The smallest absolute Gasteiger partial charge is 0.114 e. The number of nitrogens with one attached hydrogen (secondary N) is 1. The van der Waals surface area contributed by atoms with Crippen LogP contribution in [0.2, 0.25) is 0 Å². The Morgan fingerprint density at radius 3 is 2.65 bits per heavy atom. The van der Waals surface area contributed by atoms with Crippen LogP contribution in [-0.4, -0.2) is 11.5 Å². The molecule has 3 heteroatoms. The second-order valence-corrected chi connectivity index (χ2v) is 7.86. The summed E-state index contributed by atoms with van der Waals surface area (Å²) < 4.78 is 0. The molecule has 1 aliphatic rings. The van der Waals surface area contributed by atoms with Crippen molar-refractivity contribution in [2.75, 3.05) is 6.54 Å². The fourth-order valence-electron chi connectivity index (χ4n) is 3.67.